The molecule has 0 saturated heterocycles. The summed E-state index contributed by atoms with van der Waals surface area (Å²) in [5, 5.41) is 2.77. The zero-order valence-corrected chi connectivity index (χ0v) is 16.8. The zero-order valence-electron chi connectivity index (χ0n) is 16.8. The van der Waals surface area contributed by atoms with E-state index < -0.39 is 5.91 Å². The van der Waals surface area contributed by atoms with Crippen LogP contribution in [0.3, 0.4) is 0 Å². The van der Waals surface area contributed by atoms with Crippen LogP contribution in [0.25, 0.3) is 5.52 Å². The van der Waals surface area contributed by atoms with Crippen LogP contribution in [0.5, 0.6) is 0 Å². The number of carbonyl (C=O) groups is 3. The van der Waals surface area contributed by atoms with Gasteiger partial charge in [-0.25, -0.2) is 4.98 Å². The molecule has 2 aromatic heterocycles. The molecule has 0 atom stereocenters. The van der Waals surface area contributed by atoms with Gasteiger partial charge in [-0.15, -0.1) is 0 Å². The number of carbonyl (C=O) groups excluding carboxylic acids is 3. The molecule has 7 heteroatoms. The standard InChI is InChI=1S/C22H24N4O3/c1-4-5-13-25(3)22(29)19-18-8-6-7-14-26(18)20(24-19)21(28)23-17-11-9-16(10-12-17)15(2)27/h6-12,14H,4-5,13H2,1-3H3,(H,23,28). The van der Waals surface area contributed by atoms with Crippen molar-refractivity contribution < 1.29 is 14.4 Å². The molecule has 0 radical (unpaired) electrons. The predicted octanol–water partition coefficient (Wildman–Crippen LogP) is 3.66. The van der Waals surface area contributed by atoms with Gasteiger partial charge in [0.15, 0.2) is 11.5 Å². The lowest BCUT2D eigenvalue weighted by atomic mass is 10.1. The summed E-state index contributed by atoms with van der Waals surface area (Å²) in [6.07, 6.45) is 3.59. The van der Waals surface area contributed by atoms with Crippen LogP contribution in [0.2, 0.25) is 0 Å². The maximum absolute atomic E-state index is 12.8. The Hall–Kier alpha value is -3.48. The van der Waals surface area contributed by atoms with E-state index in [1.54, 1.807) is 58.9 Å². The number of ketones is 1. The number of nitrogens with one attached hydrogen (secondary N) is 1. The number of aromatic nitrogens is 2. The molecule has 0 aliphatic rings. The minimum atomic E-state index is -0.433. The molecule has 0 bridgehead atoms. The van der Waals surface area contributed by atoms with Gasteiger partial charge in [-0.3, -0.25) is 18.8 Å². The lowest BCUT2D eigenvalue weighted by Crippen LogP contribution is -2.28. The van der Waals surface area contributed by atoms with E-state index in [0.29, 0.717) is 23.3 Å². The van der Waals surface area contributed by atoms with Gasteiger partial charge in [-0.2, -0.15) is 0 Å². The summed E-state index contributed by atoms with van der Waals surface area (Å²) in [4.78, 5) is 43.1. The number of amides is 2. The molecule has 150 valence electrons. The molecular formula is C22H24N4O3. The van der Waals surface area contributed by atoms with Gasteiger partial charge in [0, 0.05) is 31.0 Å². The number of hydrogen-bond acceptors (Lipinski definition) is 4. The van der Waals surface area contributed by atoms with Crippen LogP contribution in [0, 0.1) is 0 Å². The fraction of sp³-hybridized carbons (Fsp3) is 0.273. The van der Waals surface area contributed by atoms with E-state index in [4.69, 9.17) is 0 Å². The third kappa shape index (κ3) is 4.34. The lowest BCUT2D eigenvalue weighted by Gasteiger charge is -2.15. The van der Waals surface area contributed by atoms with Crippen LogP contribution in [-0.4, -0.2) is 45.5 Å². The van der Waals surface area contributed by atoms with Crippen molar-refractivity contribution in [2.24, 2.45) is 0 Å². The molecule has 7 nitrogen and oxygen atoms in total. The first kappa shape index (κ1) is 20.3. The Kier molecular flexibility index (Phi) is 6.07. The van der Waals surface area contributed by atoms with Gasteiger partial charge in [0.05, 0.1) is 5.52 Å². The fourth-order valence-corrected chi connectivity index (χ4v) is 3.01. The van der Waals surface area contributed by atoms with Crippen LogP contribution < -0.4 is 5.32 Å². The van der Waals surface area contributed by atoms with Crippen LogP contribution in [0.15, 0.2) is 48.7 Å². The average Bonchev–Trinajstić information content (AvgIpc) is 3.11. The molecule has 0 aliphatic carbocycles. The van der Waals surface area contributed by atoms with Crippen LogP contribution in [-0.2, 0) is 0 Å². The quantitative estimate of drug-likeness (QED) is 0.622. The Labute approximate surface area is 169 Å². The smallest absolute Gasteiger partial charge is 0.292 e. The van der Waals surface area contributed by atoms with E-state index in [-0.39, 0.29) is 23.2 Å². The van der Waals surface area contributed by atoms with E-state index in [0.717, 1.165) is 12.8 Å². The SMILES string of the molecule is CCCCN(C)C(=O)c1nc(C(=O)Nc2ccc(C(C)=O)cc2)n2ccccc12. The molecule has 3 rings (SSSR count). The molecule has 0 saturated carbocycles. The number of unbranched alkanes of at least 4 members (excludes halogenated alkanes) is 1. The van der Waals surface area contributed by atoms with Gasteiger partial charge < -0.3 is 10.2 Å². The summed E-state index contributed by atoms with van der Waals surface area (Å²) in [5.41, 5.74) is 1.94. The second-order valence-corrected chi connectivity index (χ2v) is 6.91. The number of rotatable bonds is 7. The molecule has 1 N–H and O–H groups in total. The highest BCUT2D eigenvalue weighted by Crippen LogP contribution is 2.17. The third-order valence-corrected chi connectivity index (χ3v) is 4.70. The maximum atomic E-state index is 12.8. The summed E-state index contributed by atoms with van der Waals surface area (Å²) in [5.74, 6) is -0.565. The second kappa shape index (κ2) is 8.68. The van der Waals surface area contributed by atoms with Gasteiger partial charge in [-0.1, -0.05) is 19.4 Å². The number of benzene rings is 1. The molecule has 0 spiro atoms. The van der Waals surface area contributed by atoms with Crippen molar-refractivity contribution in [3.05, 3.63) is 65.7 Å². The normalized spacial score (nSPS) is 10.7. The highest BCUT2D eigenvalue weighted by Gasteiger charge is 2.23. The summed E-state index contributed by atoms with van der Waals surface area (Å²) < 4.78 is 1.61. The molecule has 1 aromatic carbocycles. The molecule has 2 amide bonds. The van der Waals surface area contributed by atoms with Crippen molar-refractivity contribution >= 4 is 28.8 Å². The summed E-state index contributed by atoms with van der Waals surface area (Å²) in [7, 11) is 1.74. The van der Waals surface area contributed by atoms with E-state index in [9.17, 15) is 14.4 Å². The molecule has 2 heterocycles. The fourth-order valence-electron chi connectivity index (χ4n) is 3.01. The molecule has 0 fully saturated rings. The minimum absolute atomic E-state index is 0.0440. The highest BCUT2D eigenvalue weighted by molar-refractivity contribution is 6.06. The number of anilines is 1. The number of pyridine rings is 1. The molecule has 29 heavy (non-hydrogen) atoms. The number of hydrogen-bond donors (Lipinski definition) is 1. The summed E-state index contributed by atoms with van der Waals surface area (Å²) in [6.45, 7) is 4.18. The van der Waals surface area contributed by atoms with Crippen LogP contribution in [0.1, 0.15) is 58.2 Å². The van der Waals surface area contributed by atoms with Crippen molar-refractivity contribution in [2.75, 3.05) is 18.9 Å². The average molecular weight is 392 g/mol. The first-order valence-electron chi connectivity index (χ1n) is 9.57. The minimum Gasteiger partial charge on any atom is -0.340 e. The Morgan fingerprint density at radius 1 is 1.10 bits per heavy atom. The largest absolute Gasteiger partial charge is 0.340 e. The number of nitrogens with zero attached hydrogens (tertiary/aromatic N) is 3. The first-order valence-corrected chi connectivity index (χ1v) is 9.57. The number of Topliss-reactive ketones (excluding diaryl/α,β-unsaturated/α-hetero) is 1. The van der Waals surface area contributed by atoms with Crippen molar-refractivity contribution in [1.29, 1.82) is 0 Å². The Bertz CT molecular complexity index is 1050. The first-order chi connectivity index (χ1) is 13.9. The van der Waals surface area contributed by atoms with E-state index in [1.807, 2.05) is 6.07 Å². The topological polar surface area (TPSA) is 83.8 Å². The zero-order chi connectivity index (χ0) is 21.0. The number of imidazole rings is 1. The van der Waals surface area contributed by atoms with Crippen molar-refractivity contribution in [3.8, 4) is 0 Å². The van der Waals surface area contributed by atoms with Gasteiger partial charge >= 0.3 is 0 Å². The molecular weight excluding hydrogens is 368 g/mol. The molecule has 0 unspecified atom stereocenters. The van der Waals surface area contributed by atoms with Gasteiger partial charge in [0.2, 0.25) is 5.82 Å². The van der Waals surface area contributed by atoms with Crippen molar-refractivity contribution in [3.63, 3.8) is 0 Å². The van der Waals surface area contributed by atoms with E-state index in [2.05, 4.69) is 17.2 Å². The van der Waals surface area contributed by atoms with Gasteiger partial charge in [0.25, 0.3) is 11.8 Å². The number of fused-ring (bicyclic) bond motifs is 1. The molecule has 3 aromatic rings. The maximum Gasteiger partial charge on any atom is 0.292 e. The molecule has 0 aliphatic heterocycles. The van der Waals surface area contributed by atoms with E-state index >= 15 is 0 Å². The van der Waals surface area contributed by atoms with Gasteiger partial charge in [-0.05, 0) is 49.7 Å². The highest BCUT2D eigenvalue weighted by atomic mass is 16.2. The van der Waals surface area contributed by atoms with Crippen LogP contribution >= 0.6 is 0 Å². The van der Waals surface area contributed by atoms with Gasteiger partial charge in [0.1, 0.15) is 0 Å². The Balaban J connectivity index is 1.90. The van der Waals surface area contributed by atoms with Crippen molar-refractivity contribution in [1.82, 2.24) is 14.3 Å². The summed E-state index contributed by atoms with van der Waals surface area (Å²) in [6, 6.07) is 12.0. The second-order valence-electron chi connectivity index (χ2n) is 6.91. The lowest BCUT2D eigenvalue weighted by molar-refractivity contribution is 0.0789. The van der Waals surface area contributed by atoms with Crippen LogP contribution in [0.4, 0.5) is 5.69 Å². The Morgan fingerprint density at radius 2 is 1.83 bits per heavy atom. The summed E-state index contributed by atoms with van der Waals surface area (Å²) >= 11 is 0. The monoisotopic (exact) mass is 392 g/mol. The van der Waals surface area contributed by atoms with E-state index in [1.165, 1.54) is 6.92 Å². The predicted molar refractivity (Wildman–Crippen MR) is 111 cm³/mol. The third-order valence-electron chi connectivity index (χ3n) is 4.70. The Morgan fingerprint density at radius 3 is 2.48 bits per heavy atom. The van der Waals surface area contributed by atoms with Crippen molar-refractivity contribution in [2.45, 2.75) is 26.7 Å².